The standard InChI is InChI=1S/C16H15F2INO3.Y/c1-22-8-9-23-12-4-2-11(3-5-12)14-7-6-13(19)16(21)20(14)10-15(17)18;/h2-6,15H,8-10H2,1H3;/q-1;. The first-order valence-corrected chi connectivity index (χ1v) is 7.92. The molecule has 2 aromatic rings. The van der Waals surface area contributed by atoms with E-state index in [1.165, 1.54) is 6.07 Å². The van der Waals surface area contributed by atoms with Gasteiger partial charge in [-0.1, -0.05) is 11.3 Å². The third-order valence-electron chi connectivity index (χ3n) is 3.06. The Balaban J connectivity index is 0.00000288. The molecule has 0 saturated heterocycles. The first-order valence-electron chi connectivity index (χ1n) is 6.84. The van der Waals surface area contributed by atoms with Gasteiger partial charge < -0.3 is 14.0 Å². The summed E-state index contributed by atoms with van der Waals surface area (Å²) in [6.07, 6.45) is -2.62. The van der Waals surface area contributed by atoms with Crippen LogP contribution in [-0.4, -0.2) is 31.3 Å². The van der Waals surface area contributed by atoms with Crippen LogP contribution in [-0.2, 0) is 44.0 Å². The minimum atomic E-state index is -2.62. The maximum absolute atomic E-state index is 12.8. The molecule has 1 radical (unpaired) electrons. The summed E-state index contributed by atoms with van der Waals surface area (Å²) in [5.74, 6) is 0.638. The molecule has 0 N–H and O–H groups in total. The van der Waals surface area contributed by atoms with Crippen molar-refractivity contribution < 1.29 is 51.0 Å². The Kier molecular flexibility index (Phi) is 9.55. The van der Waals surface area contributed by atoms with E-state index in [2.05, 4.69) is 6.07 Å². The Labute approximate surface area is 177 Å². The smallest absolute Gasteiger partial charge is 0.256 e. The number of hydrogen-bond acceptors (Lipinski definition) is 3. The molecule has 0 atom stereocenters. The third-order valence-corrected chi connectivity index (χ3v) is 3.83. The van der Waals surface area contributed by atoms with Crippen molar-refractivity contribution in [3.8, 4) is 17.0 Å². The van der Waals surface area contributed by atoms with Gasteiger partial charge in [0.05, 0.1) is 13.2 Å². The normalized spacial score (nSPS) is 10.5. The minimum Gasteiger partial charge on any atom is -0.491 e. The molecular weight excluding hydrogens is 508 g/mol. The van der Waals surface area contributed by atoms with Gasteiger partial charge in [0.25, 0.3) is 6.43 Å². The van der Waals surface area contributed by atoms with Crippen LogP contribution in [0.4, 0.5) is 8.78 Å². The van der Waals surface area contributed by atoms with Gasteiger partial charge in [-0.15, -0.1) is 34.7 Å². The predicted octanol–water partition coefficient (Wildman–Crippen LogP) is 3.21. The van der Waals surface area contributed by atoms with Gasteiger partial charge in [0, 0.05) is 39.8 Å². The quantitative estimate of drug-likeness (QED) is 0.318. The fourth-order valence-electron chi connectivity index (χ4n) is 2.01. The van der Waals surface area contributed by atoms with Crippen LogP contribution in [0.25, 0.3) is 11.3 Å². The van der Waals surface area contributed by atoms with Crippen LogP contribution in [0.1, 0.15) is 0 Å². The second-order valence-electron chi connectivity index (χ2n) is 4.66. The molecule has 0 aliphatic rings. The van der Waals surface area contributed by atoms with Crippen molar-refractivity contribution in [3.05, 3.63) is 50.3 Å². The number of aromatic nitrogens is 1. The molecule has 0 saturated carbocycles. The number of benzene rings is 1. The summed E-state index contributed by atoms with van der Waals surface area (Å²) in [6.45, 7) is 0.232. The Morgan fingerprint density at radius 3 is 2.50 bits per heavy atom. The van der Waals surface area contributed by atoms with E-state index in [0.717, 1.165) is 4.57 Å². The average Bonchev–Trinajstić information content (AvgIpc) is 2.53. The molecular formula is C16H15F2INO3Y-. The molecule has 127 valence electrons. The van der Waals surface area contributed by atoms with Gasteiger partial charge >= 0.3 is 0 Å². The summed E-state index contributed by atoms with van der Waals surface area (Å²) >= 11 is 1.82. The van der Waals surface area contributed by atoms with E-state index in [-0.39, 0.29) is 32.7 Å². The average molecular weight is 523 g/mol. The zero-order valence-corrected chi connectivity index (χ0v) is 18.0. The Morgan fingerprint density at radius 1 is 1.25 bits per heavy atom. The van der Waals surface area contributed by atoms with E-state index < -0.39 is 18.5 Å². The molecule has 0 amide bonds. The molecule has 2 rings (SSSR count). The first kappa shape index (κ1) is 21.7. The van der Waals surface area contributed by atoms with E-state index >= 15 is 0 Å². The number of methoxy groups -OCH3 is 1. The minimum absolute atomic E-state index is 0. The number of rotatable bonds is 7. The van der Waals surface area contributed by atoms with Crippen LogP contribution < -0.4 is 10.3 Å². The molecule has 0 unspecified atom stereocenters. The molecule has 8 heteroatoms. The largest absolute Gasteiger partial charge is 0.491 e. The summed E-state index contributed by atoms with van der Waals surface area (Å²) in [7, 11) is 1.58. The molecule has 0 spiro atoms. The van der Waals surface area contributed by atoms with Crippen LogP contribution in [0, 0.1) is 9.64 Å². The van der Waals surface area contributed by atoms with E-state index in [1.807, 2.05) is 22.6 Å². The zero-order valence-electron chi connectivity index (χ0n) is 13.0. The molecule has 24 heavy (non-hydrogen) atoms. The van der Waals surface area contributed by atoms with Crippen molar-refractivity contribution in [3.63, 3.8) is 0 Å². The van der Waals surface area contributed by atoms with Crippen molar-refractivity contribution in [2.24, 2.45) is 0 Å². The first-order chi connectivity index (χ1) is 11.0. The second-order valence-corrected chi connectivity index (χ2v) is 5.82. The molecule has 0 aliphatic heterocycles. The number of halogens is 3. The SMILES string of the molecule is COCCOc1ccc(-c2[c-]cc(I)c(=O)n2CC(F)F)cc1.[Y]. The maximum Gasteiger partial charge on any atom is 0.256 e. The molecule has 4 nitrogen and oxygen atoms in total. The van der Waals surface area contributed by atoms with Crippen LogP contribution in [0.5, 0.6) is 5.75 Å². The maximum atomic E-state index is 12.8. The van der Waals surface area contributed by atoms with Gasteiger partial charge in [0.1, 0.15) is 12.4 Å². The monoisotopic (exact) mass is 523 g/mol. The van der Waals surface area contributed by atoms with Gasteiger partial charge in [-0.05, 0) is 15.7 Å². The van der Waals surface area contributed by atoms with Gasteiger partial charge in [-0.2, -0.15) is 12.1 Å². The Morgan fingerprint density at radius 2 is 1.92 bits per heavy atom. The predicted molar refractivity (Wildman–Crippen MR) is 91.1 cm³/mol. The van der Waals surface area contributed by atoms with Gasteiger partial charge in [-0.25, -0.2) is 8.78 Å². The second kappa shape index (κ2) is 10.6. The molecule has 1 aromatic carbocycles. The van der Waals surface area contributed by atoms with Crippen molar-refractivity contribution >= 4 is 22.6 Å². The van der Waals surface area contributed by atoms with Crippen LogP contribution in [0.15, 0.2) is 35.1 Å². The fraction of sp³-hybridized carbons (Fsp3) is 0.312. The third kappa shape index (κ3) is 5.86. The number of alkyl halides is 2. The number of hydrogen-bond donors (Lipinski definition) is 0. The van der Waals surface area contributed by atoms with E-state index in [4.69, 9.17) is 9.47 Å². The zero-order chi connectivity index (χ0) is 16.8. The number of ether oxygens (including phenoxy) is 2. The van der Waals surface area contributed by atoms with Gasteiger partial charge in [0.15, 0.2) is 0 Å². The summed E-state index contributed by atoms with van der Waals surface area (Å²) in [5, 5.41) is 0. The van der Waals surface area contributed by atoms with Crippen LogP contribution in [0.2, 0.25) is 0 Å². The molecule has 0 bridgehead atoms. The van der Waals surface area contributed by atoms with Gasteiger partial charge in [-0.3, -0.25) is 4.79 Å². The van der Waals surface area contributed by atoms with Crippen molar-refractivity contribution in [2.75, 3.05) is 20.3 Å². The van der Waals surface area contributed by atoms with Gasteiger partial charge in [0.2, 0.25) is 5.56 Å². The van der Waals surface area contributed by atoms with E-state index in [1.54, 1.807) is 31.4 Å². The van der Waals surface area contributed by atoms with Crippen molar-refractivity contribution in [1.29, 1.82) is 0 Å². The topological polar surface area (TPSA) is 40.5 Å². The summed E-state index contributed by atoms with van der Waals surface area (Å²) in [4.78, 5) is 12.1. The van der Waals surface area contributed by atoms with Crippen LogP contribution >= 0.6 is 22.6 Å². The Bertz CT molecular complexity index is 707. The number of pyridine rings is 1. The summed E-state index contributed by atoms with van der Waals surface area (Å²) in [5.41, 5.74) is 0.512. The molecule has 0 fully saturated rings. The van der Waals surface area contributed by atoms with Crippen LogP contribution in [0.3, 0.4) is 0 Å². The summed E-state index contributed by atoms with van der Waals surface area (Å²) in [6, 6.07) is 11.3. The molecule has 0 aliphatic carbocycles. The fourth-order valence-corrected chi connectivity index (χ4v) is 2.45. The molecule has 1 heterocycles. The molecule has 1 aromatic heterocycles. The van der Waals surface area contributed by atoms with E-state index in [9.17, 15) is 13.6 Å². The van der Waals surface area contributed by atoms with E-state index in [0.29, 0.717) is 33.8 Å². The van der Waals surface area contributed by atoms with Crippen molar-refractivity contribution in [1.82, 2.24) is 4.57 Å². The summed E-state index contributed by atoms with van der Waals surface area (Å²) < 4.78 is 37.3. The van der Waals surface area contributed by atoms with Crippen molar-refractivity contribution in [2.45, 2.75) is 13.0 Å². The number of nitrogens with zero attached hydrogens (tertiary/aromatic N) is 1. The Hall–Kier alpha value is -0.376.